The topological polar surface area (TPSA) is 46.2 Å². The molecule has 65 valence electrons. The molecular weight excluding hydrogens is 144 g/mol. The molecule has 1 radical (unpaired) electrons. The highest BCUT2D eigenvalue weighted by atomic mass is 16.5. The third kappa shape index (κ3) is 7.33. The van der Waals surface area contributed by atoms with E-state index in [9.17, 15) is 9.90 Å². The van der Waals surface area contributed by atoms with Crippen LogP contribution in [0.25, 0.3) is 0 Å². The average Bonchev–Trinajstić information content (AvgIpc) is 1.99. The molecule has 0 bridgehead atoms. The lowest BCUT2D eigenvalue weighted by molar-refractivity contribution is -0.143. The Balaban J connectivity index is 3.04. The van der Waals surface area contributed by atoms with E-state index >= 15 is 0 Å². The molecule has 0 unspecified atom stereocenters. The fourth-order valence-electron chi connectivity index (χ4n) is 0.781. The monoisotopic (exact) mass is 159 g/mol. The smallest absolute Gasteiger partial charge is 0.305 e. The summed E-state index contributed by atoms with van der Waals surface area (Å²) < 4.78 is 4.71. The molecule has 11 heavy (non-hydrogen) atoms. The second-order valence-corrected chi connectivity index (χ2v) is 2.32. The van der Waals surface area contributed by atoms with Gasteiger partial charge in [-0.15, -0.1) is 0 Å². The van der Waals surface area contributed by atoms with Crippen LogP contribution >= 0.6 is 0 Å². The van der Waals surface area contributed by atoms with Gasteiger partial charge in [-0.05, 0) is 19.8 Å². The number of ether oxygens (including phenoxy) is 1. The van der Waals surface area contributed by atoms with E-state index in [2.05, 4.69) is 0 Å². The van der Waals surface area contributed by atoms with Gasteiger partial charge < -0.3 is 4.74 Å². The van der Waals surface area contributed by atoms with Gasteiger partial charge >= 0.3 is 5.97 Å². The number of hydrogen-bond acceptors (Lipinski definition) is 2. The predicted octanol–water partition coefficient (Wildman–Crippen LogP) is 1.54. The third-order valence-corrected chi connectivity index (χ3v) is 1.33. The molecule has 3 nitrogen and oxygen atoms in total. The first-order valence-electron chi connectivity index (χ1n) is 4.05. The summed E-state index contributed by atoms with van der Waals surface area (Å²) >= 11 is 0. The molecule has 0 saturated heterocycles. The number of esters is 1. The third-order valence-electron chi connectivity index (χ3n) is 1.33. The van der Waals surface area contributed by atoms with Crippen molar-refractivity contribution in [1.29, 1.82) is 0 Å². The van der Waals surface area contributed by atoms with Gasteiger partial charge in [0.1, 0.15) is 0 Å². The molecule has 0 aromatic carbocycles. The minimum absolute atomic E-state index is 0.0389. The summed E-state index contributed by atoms with van der Waals surface area (Å²) in [7, 11) is 0. The highest BCUT2D eigenvalue weighted by Crippen LogP contribution is 2.00. The maximum absolute atomic E-state index is 10.7. The molecular formula is C8H15O3. The van der Waals surface area contributed by atoms with Crippen molar-refractivity contribution >= 4 is 5.97 Å². The largest absolute Gasteiger partial charge is 0.466 e. The highest BCUT2D eigenvalue weighted by molar-refractivity contribution is 5.69. The van der Waals surface area contributed by atoms with Crippen molar-refractivity contribution in [2.45, 2.75) is 32.6 Å². The van der Waals surface area contributed by atoms with Gasteiger partial charge in [0.2, 0.25) is 0 Å². The fourth-order valence-corrected chi connectivity index (χ4v) is 0.781. The minimum atomic E-state index is -0.154. The zero-order valence-corrected chi connectivity index (χ0v) is 6.97. The summed E-state index contributed by atoms with van der Waals surface area (Å²) in [6, 6.07) is 0. The Kier molecular flexibility index (Phi) is 7.15. The van der Waals surface area contributed by atoms with Crippen LogP contribution in [0.3, 0.4) is 0 Å². The van der Waals surface area contributed by atoms with Gasteiger partial charge in [0, 0.05) is 6.42 Å². The molecule has 0 heterocycles. The van der Waals surface area contributed by atoms with E-state index in [1.54, 1.807) is 6.92 Å². The van der Waals surface area contributed by atoms with Gasteiger partial charge in [-0.1, -0.05) is 6.42 Å². The van der Waals surface area contributed by atoms with E-state index in [1.807, 2.05) is 0 Å². The lowest BCUT2D eigenvalue weighted by Gasteiger charge is -1.99. The number of rotatable bonds is 6. The summed E-state index contributed by atoms with van der Waals surface area (Å²) in [4.78, 5) is 10.7. The lowest BCUT2D eigenvalue weighted by Crippen LogP contribution is -2.03. The Morgan fingerprint density at radius 2 is 2.00 bits per heavy atom. The van der Waals surface area contributed by atoms with Crippen molar-refractivity contribution in [2.75, 3.05) is 13.2 Å². The van der Waals surface area contributed by atoms with Crippen molar-refractivity contribution in [3.63, 3.8) is 0 Å². The van der Waals surface area contributed by atoms with Gasteiger partial charge in [-0.3, -0.25) is 4.79 Å². The first-order chi connectivity index (χ1) is 5.31. The predicted molar refractivity (Wildman–Crippen MR) is 40.7 cm³/mol. The maximum Gasteiger partial charge on any atom is 0.305 e. The van der Waals surface area contributed by atoms with Crippen LogP contribution in [0.1, 0.15) is 32.6 Å². The van der Waals surface area contributed by atoms with Crippen molar-refractivity contribution in [2.24, 2.45) is 0 Å². The Labute approximate surface area is 67.4 Å². The van der Waals surface area contributed by atoms with Crippen molar-refractivity contribution in [3.05, 3.63) is 0 Å². The normalized spacial score (nSPS) is 9.64. The van der Waals surface area contributed by atoms with Crippen LogP contribution in [0, 0.1) is 0 Å². The van der Waals surface area contributed by atoms with E-state index in [1.165, 1.54) is 0 Å². The molecule has 3 heteroatoms. The van der Waals surface area contributed by atoms with E-state index in [0.29, 0.717) is 19.4 Å². The van der Waals surface area contributed by atoms with Crippen LogP contribution in [-0.2, 0) is 14.6 Å². The van der Waals surface area contributed by atoms with Crippen molar-refractivity contribution in [1.82, 2.24) is 0 Å². The van der Waals surface area contributed by atoms with Crippen LogP contribution in [0.2, 0.25) is 0 Å². The van der Waals surface area contributed by atoms with Crippen LogP contribution in [-0.4, -0.2) is 19.2 Å². The number of unbranched alkanes of at least 4 members (excludes halogenated alkanes) is 2. The summed E-state index contributed by atoms with van der Waals surface area (Å²) in [5.74, 6) is -0.154. The average molecular weight is 159 g/mol. The first-order valence-corrected chi connectivity index (χ1v) is 4.05. The number of hydrogen-bond donors (Lipinski definition) is 0. The molecule has 0 amide bonds. The minimum Gasteiger partial charge on any atom is -0.466 e. The van der Waals surface area contributed by atoms with Gasteiger partial charge in [0.25, 0.3) is 0 Å². The van der Waals surface area contributed by atoms with E-state index in [-0.39, 0.29) is 12.6 Å². The number of carbonyl (C=O) groups excluding carboxylic acids is 1. The molecule has 0 fully saturated rings. The Hall–Kier alpha value is -0.570. The Bertz CT molecular complexity index is 102. The second kappa shape index (κ2) is 7.54. The molecule has 0 aromatic rings. The molecule has 0 rings (SSSR count). The van der Waals surface area contributed by atoms with Gasteiger partial charge in [-0.25, -0.2) is 5.11 Å². The summed E-state index contributed by atoms with van der Waals surface area (Å²) in [6.45, 7) is 2.19. The van der Waals surface area contributed by atoms with Crippen LogP contribution in [0.4, 0.5) is 0 Å². The summed E-state index contributed by atoms with van der Waals surface area (Å²) in [5, 5.41) is 9.98. The molecule has 0 aliphatic carbocycles. The first kappa shape index (κ1) is 10.4. The Morgan fingerprint density at radius 3 is 2.55 bits per heavy atom. The molecule has 0 saturated carbocycles. The Morgan fingerprint density at radius 1 is 1.27 bits per heavy atom. The van der Waals surface area contributed by atoms with Crippen LogP contribution in [0.15, 0.2) is 0 Å². The lowest BCUT2D eigenvalue weighted by atomic mass is 10.2. The van der Waals surface area contributed by atoms with E-state index in [0.717, 1.165) is 12.8 Å². The fraction of sp³-hybridized carbons (Fsp3) is 0.875. The molecule has 0 atom stereocenters. The summed E-state index contributed by atoms with van der Waals surface area (Å²) in [6.07, 6.45) is 2.73. The zero-order chi connectivity index (χ0) is 8.53. The second-order valence-electron chi connectivity index (χ2n) is 2.32. The maximum atomic E-state index is 10.7. The molecule has 0 aromatic heterocycles. The van der Waals surface area contributed by atoms with E-state index in [4.69, 9.17) is 4.74 Å². The molecule has 0 aliphatic heterocycles. The highest BCUT2D eigenvalue weighted by Gasteiger charge is 1.99. The van der Waals surface area contributed by atoms with Crippen molar-refractivity contribution < 1.29 is 14.6 Å². The van der Waals surface area contributed by atoms with Crippen LogP contribution in [0.5, 0.6) is 0 Å². The molecule has 0 spiro atoms. The van der Waals surface area contributed by atoms with E-state index < -0.39 is 0 Å². The standard InChI is InChI=1S/C8H15O3/c1-2-11-8(10)6-4-3-5-7-9/h2-7H2,1H3. The van der Waals surface area contributed by atoms with Gasteiger partial charge in [0.05, 0.1) is 13.2 Å². The van der Waals surface area contributed by atoms with Crippen molar-refractivity contribution in [3.8, 4) is 0 Å². The number of carbonyl (C=O) groups is 1. The summed E-state index contributed by atoms with van der Waals surface area (Å²) in [5.41, 5.74) is 0. The van der Waals surface area contributed by atoms with Crippen LogP contribution < -0.4 is 0 Å². The van der Waals surface area contributed by atoms with Gasteiger partial charge in [0.15, 0.2) is 0 Å². The van der Waals surface area contributed by atoms with Gasteiger partial charge in [-0.2, -0.15) is 0 Å². The zero-order valence-electron chi connectivity index (χ0n) is 6.97. The molecule has 0 aliphatic rings. The molecule has 0 N–H and O–H groups in total. The quantitative estimate of drug-likeness (QED) is 0.436. The SMILES string of the molecule is CCOC(=O)CCCCC[O].